The minimum Gasteiger partial charge on any atom is -0.497 e. The van der Waals surface area contributed by atoms with E-state index in [4.69, 9.17) is 4.74 Å². The molecule has 208 valence electrons. The molecule has 8 nitrogen and oxygen atoms in total. The Balaban J connectivity index is 2.08. The van der Waals surface area contributed by atoms with Gasteiger partial charge in [0.1, 0.15) is 18.3 Å². The lowest BCUT2D eigenvalue weighted by molar-refractivity contribution is -0.140. The zero-order valence-corrected chi connectivity index (χ0v) is 23.9. The fourth-order valence-corrected chi connectivity index (χ4v) is 5.25. The molecule has 0 fully saturated rings. The van der Waals surface area contributed by atoms with Gasteiger partial charge in [0.2, 0.25) is 21.8 Å². The molecule has 0 spiro atoms. The van der Waals surface area contributed by atoms with Crippen LogP contribution >= 0.6 is 0 Å². The number of methoxy groups -OCH3 is 1. The summed E-state index contributed by atoms with van der Waals surface area (Å²) in [4.78, 5) is 29.1. The Hall–Kier alpha value is -3.85. The highest BCUT2D eigenvalue weighted by Gasteiger charge is 2.33. The van der Waals surface area contributed by atoms with E-state index in [-0.39, 0.29) is 24.9 Å². The smallest absolute Gasteiger partial charge is 0.244 e. The maximum Gasteiger partial charge on any atom is 0.244 e. The van der Waals surface area contributed by atoms with E-state index in [0.717, 1.165) is 21.7 Å². The van der Waals surface area contributed by atoms with Crippen LogP contribution in [0.25, 0.3) is 0 Å². The standard InChI is InChI=1S/C30H37N3O5S/c1-22(2)31-30(35)28(19-24-13-7-6-8-14-24)32(20-25-15-11-16-26(18-25)38-4)29(34)21-33(39(5,36)37)27-17-10-9-12-23(27)3/h6-18,22,28H,19-21H2,1-5H3,(H,31,35)/t28-/m1/s1. The average Bonchev–Trinajstić information content (AvgIpc) is 2.89. The van der Waals surface area contributed by atoms with E-state index < -0.39 is 28.5 Å². The molecule has 1 atom stereocenters. The second-order valence-electron chi connectivity index (χ2n) is 9.80. The van der Waals surface area contributed by atoms with Gasteiger partial charge in [0.05, 0.1) is 19.1 Å². The Labute approximate surface area is 231 Å². The first kappa shape index (κ1) is 29.7. The Bertz CT molecular complexity index is 1380. The van der Waals surface area contributed by atoms with Crippen LogP contribution in [0.4, 0.5) is 5.69 Å². The lowest BCUT2D eigenvalue weighted by atomic mass is 10.0. The fourth-order valence-electron chi connectivity index (χ4n) is 4.34. The normalized spacial score (nSPS) is 12.1. The number of hydrogen-bond donors (Lipinski definition) is 1. The molecule has 0 aliphatic carbocycles. The van der Waals surface area contributed by atoms with Gasteiger partial charge in [0, 0.05) is 19.0 Å². The largest absolute Gasteiger partial charge is 0.497 e. The summed E-state index contributed by atoms with van der Waals surface area (Å²) in [5.41, 5.74) is 2.76. The predicted octanol–water partition coefficient (Wildman–Crippen LogP) is 3.93. The molecular weight excluding hydrogens is 514 g/mol. The lowest BCUT2D eigenvalue weighted by Crippen LogP contribution is -2.54. The SMILES string of the molecule is COc1cccc(CN(C(=O)CN(c2ccccc2C)S(C)(=O)=O)[C@H](Cc2ccccc2)C(=O)NC(C)C)c1. The summed E-state index contributed by atoms with van der Waals surface area (Å²) in [7, 11) is -2.25. The Morgan fingerprint density at radius 2 is 1.56 bits per heavy atom. The van der Waals surface area contributed by atoms with E-state index in [2.05, 4.69) is 5.32 Å². The highest BCUT2D eigenvalue weighted by Crippen LogP contribution is 2.24. The topological polar surface area (TPSA) is 96.0 Å². The van der Waals surface area contributed by atoms with Crippen molar-refractivity contribution in [1.29, 1.82) is 0 Å². The van der Waals surface area contributed by atoms with Crippen LogP contribution in [0.3, 0.4) is 0 Å². The number of hydrogen-bond acceptors (Lipinski definition) is 5. The third-order valence-electron chi connectivity index (χ3n) is 6.25. The Kier molecular flexibility index (Phi) is 10.1. The van der Waals surface area contributed by atoms with Crippen LogP contribution in [0.15, 0.2) is 78.9 Å². The average molecular weight is 552 g/mol. The van der Waals surface area contributed by atoms with E-state index >= 15 is 0 Å². The fraction of sp³-hybridized carbons (Fsp3) is 0.333. The van der Waals surface area contributed by atoms with E-state index in [0.29, 0.717) is 17.0 Å². The zero-order valence-electron chi connectivity index (χ0n) is 23.1. The van der Waals surface area contributed by atoms with Crippen molar-refractivity contribution in [1.82, 2.24) is 10.2 Å². The van der Waals surface area contributed by atoms with Gasteiger partial charge in [0.15, 0.2) is 0 Å². The van der Waals surface area contributed by atoms with Crippen molar-refractivity contribution in [3.05, 3.63) is 95.6 Å². The van der Waals surface area contributed by atoms with E-state index in [9.17, 15) is 18.0 Å². The number of anilines is 1. The van der Waals surface area contributed by atoms with Gasteiger partial charge in [-0.25, -0.2) is 8.42 Å². The van der Waals surface area contributed by atoms with Crippen LogP contribution in [0.1, 0.15) is 30.5 Å². The molecule has 0 unspecified atom stereocenters. The van der Waals surface area contributed by atoms with E-state index in [1.54, 1.807) is 44.4 Å². The molecule has 3 aromatic carbocycles. The van der Waals surface area contributed by atoms with Crippen LogP contribution in [-0.2, 0) is 32.6 Å². The monoisotopic (exact) mass is 551 g/mol. The second-order valence-corrected chi connectivity index (χ2v) is 11.7. The molecule has 39 heavy (non-hydrogen) atoms. The highest BCUT2D eigenvalue weighted by atomic mass is 32.2. The summed E-state index contributed by atoms with van der Waals surface area (Å²) in [6.07, 6.45) is 1.34. The number of nitrogens with one attached hydrogen (secondary N) is 1. The maximum atomic E-state index is 14.1. The van der Waals surface area contributed by atoms with Crippen molar-refractivity contribution >= 4 is 27.5 Å². The first-order valence-electron chi connectivity index (χ1n) is 12.8. The van der Waals surface area contributed by atoms with Gasteiger partial charge >= 0.3 is 0 Å². The van der Waals surface area contributed by atoms with Gasteiger partial charge in [-0.05, 0) is 55.7 Å². The summed E-state index contributed by atoms with van der Waals surface area (Å²) in [6, 6.07) is 22.7. The Morgan fingerprint density at radius 3 is 2.18 bits per heavy atom. The molecule has 0 aliphatic heterocycles. The zero-order chi connectivity index (χ0) is 28.6. The van der Waals surface area contributed by atoms with Gasteiger partial charge in [-0.3, -0.25) is 13.9 Å². The maximum absolute atomic E-state index is 14.1. The van der Waals surface area contributed by atoms with Crippen LogP contribution in [-0.4, -0.2) is 57.1 Å². The van der Waals surface area contributed by atoms with Crippen molar-refractivity contribution < 1.29 is 22.7 Å². The summed E-state index contributed by atoms with van der Waals surface area (Å²) < 4.78 is 32.2. The van der Waals surface area contributed by atoms with Crippen LogP contribution in [0.2, 0.25) is 0 Å². The quantitative estimate of drug-likeness (QED) is 0.368. The molecule has 0 radical (unpaired) electrons. The number of amides is 2. The van der Waals surface area contributed by atoms with Gasteiger partial charge in [-0.15, -0.1) is 0 Å². The van der Waals surface area contributed by atoms with E-state index in [1.807, 2.05) is 62.4 Å². The lowest BCUT2D eigenvalue weighted by Gasteiger charge is -2.34. The van der Waals surface area contributed by atoms with Gasteiger partial charge < -0.3 is 15.0 Å². The summed E-state index contributed by atoms with van der Waals surface area (Å²) >= 11 is 0. The summed E-state index contributed by atoms with van der Waals surface area (Å²) in [5, 5.41) is 2.94. The molecule has 3 aromatic rings. The van der Waals surface area contributed by atoms with Crippen molar-refractivity contribution in [2.45, 2.75) is 45.8 Å². The number of rotatable bonds is 12. The van der Waals surface area contributed by atoms with Crippen molar-refractivity contribution in [3.63, 3.8) is 0 Å². The van der Waals surface area contributed by atoms with Crippen molar-refractivity contribution in [3.8, 4) is 5.75 Å². The number of carbonyl (C=O) groups is 2. The second kappa shape index (κ2) is 13.3. The van der Waals surface area contributed by atoms with Crippen LogP contribution < -0.4 is 14.4 Å². The van der Waals surface area contributed by atoms with Gasteiger partial charge in [-0.1, -0.05) is 60.7 Å². The number of para-hydroxylation sites is 1. The Morgan fingerprint density at radius 1 is 0.923 bits per heavy atom. The number of aryl methyl sites for hydroxylation is 1. The molecule has 0 aliphatic rings. The molecule has 2 amide bonds. The van der Waals surface area contributed by atoms with Gasteiger partial charge in [-0.2, -0.15) is 0 Å². The van der Waals surface area contributed by atoms with Crippen LogP contribution in [0.5, 0.6) is 5.75 Å². The van der Waals surface area contributed by atoms with Crippen molar-refractivity contribution in [2.75, 3.05) is 24.2 Å². The molecule has 3 rings (SSSR count). The number of benzene rings is 3. The number of sulfonamides is 1. The molecule has 0 bridgehead atoms. The van der Waals surface area contributed by atoms with Crippen molar-refractivity contribution in [2.24, 2.45) is 0 Å². The molecule has 0 heterocycles. The van der Waals surface area contributed by atoms with Crippen LogP contribution in [0, 0.1) is 6.92 Å². The number of carbonyl (C=O) groups excluding carboxylic acids is 2. The highest BCUT2D eigenvalue weighted by molar-refractivity contribution is 7.92. The molecule has 0 saturated heterocycles. The van der Waals surface area contributed by atoms with E-state index in [1.165, 1.54) is 4.90 Å². The number of ether oxygens (including phenoxy) is 1. The summed E-state index contributed by atoms with van der Waals surface area (Å²) in [5.74, 6) is -0.193. The molecule has 1 N–H and O–H groups in total. The molecular formula is C30H37N3O5S. The van der Waals surface area contributed by atoms with Gasteiger partial charge in [0.25, 0.3) is 0 Å². The summed E-state index contributed by atoms with van der Waals surface area (Å²) in [6.45, 7) is 5.14. The minimum atomic E-state index is -3.81. The number of nitrogens with zero attached hydrogens (tertiary/aromatic N) is 2. The first-order valence-corrected chi connectivity index (χ1v) is 14.6. The molecule has 0 saturated carbocycles. The predicted molar refractivity (Wildman–Crippen MR) is 154 cm³/mol. The first-order chi connectivity index (χ1) is 18.5. The minimum absolute atomic E-state index is 0.0877. The molecule has 0 aromatic heterocycles. The molecule has 9 heteroatoms. The third-order valence-corrected chi connectivity index (χ3v) is 7.38. The third kappa shape index (κ3) is 8.32.